The van der Waals surface area contributed by atoms with Gasteiger partial charge in [0.2, 0.25) is 0 Å². The molecule has 0 spiro atoms. The van der Waals surface area contributed by atoms with Gasteiger partial charge in [-0.15, -0.1) is 24.8 Å². The summed E-state index contributed by atoms with van der Waals surface area (Å²) in [5.41, 5.74) is 3.17. The molecule has 1 heterocycles. The Balaban J connectivity index is 0.000000598. The third-order valence-corrected chi connectivity index (χ3v) is 29.2. The van der Waals surface area contributed by atoms with Crippen molar-refractivity contribution in [2.24, 2.45) is 0 Å². The van der Waals surface area contributed by atoms with E-state index < -0.39 is 26.6 Å². The molecule has 3 nitrogen and oxygen atoms in total. The molecule has 6 aromatic rings. The van der Waals surface area contributed by atoms with Gasteiger partial charge < -0.3 is 13.7 Å². The Morgan fingerprint density at radius 1 is 0.345 bits per heavy atom. The van der Waals surface area contributed by atoms with Crippen LogP contribution in [0.3, 0.4) is 0 Å². The van der Waals surface area contributed by atoms with E-state index in [2.05, 4.69) is 27.7 Å². The van der Waals surface area contributed by atoms with Crippen LogP contribution in [-0.2, 0) is 39.9 Å². The topological polar surface area (TPSA) is 51.2 Å². The summed E-state index contributed by atoms with van der Waals surface area (Å²) in [4.78, 5) is 0. The molecule has 0 aliphatic carbocycles. The van der Waals surface area contributed by atoms with Crippen LogP contribution < -0.4 is 31.8 Å². The minimum atomic E-state index is -3.97. The monoisotopic (exact) mass is 1100 g/mol. The third-order valence-electron chi connectivity index (χ3n) is 9.80. The molecular weight excluding hydrogens is 1050 g/mol. The molecule has 0 amide bonds. The van der Waals surface area contributed by atoms with E-state index in [1.54, 1.807) is 17.7 Å². The van der Waals surface area contributed by atoms with Crippen molar-refractivity contribution >= 4 is 101 Å². The van der Waals surface area contributed by atoms with Gasteiger partial charge in [-0.2, -0.15) is 0 Å². The van der Waals surface area contributed by atoms with E-state index in [9.17, 15) is 0 Å². The second-order valence-corrected chi connectivity index (χ2v) is 28.8. The average Bonchev–Trinajstić information content (AvgIpc) is 3.44. The number of benzene rings is 6. The van der Waals surface area contributed by atoms with Crippen molar-refractivity contribution < 1.29 is 39.9 Å². The summed E-state index contributed by atoms with van der Waals surface area (Å²) < 4.78 is 53.1. The molecule has 6 aromatic carbocycles. The molecule has 0 atom stereocenters. The summed E-state index contributed by atoms with van der Waals surface area (Å²) in [5, 5.41) is 1.80. The summed E-state index contributed by atoms with van der Waals surface area (Å²) in [6.45, 7) is 9.10. The second-order valence-electron chi connectivity index (χ2n) is 12.9. The molecule has 0 fully saturated rings. The van der Waals surface area contributed by atoms with Crippen molar-refractivity contribution in [3.8, 4) is 0 Å². The molecule has 7 rings (SSSR count). The van der Waals surface area contributed by atoms with E-state index in [-0.39, 0.29) is 74.3 Å². The minimum Gasteiger partial charge on any atom is -0.312 e. The van der Waals surface area contributed by atoms with Gasteiger partial charge in [-0.3, -0.25) is 0 Å². The second kappa shape index (κ2) is 21.0. The molecule has 55 heavy (non-hydrogen) atoms. The van der Waals surface area contributed by atoms with Crippen molar-refractivity contribution in [2.45, 2.75) is 32.8 Å². The molecule has 10 heteroatoms. The number of rotatable bonds is 9. The van der Waals surface area contributed by atoms with E-state index >= 15 is 13.7 Å². The first-order valence-corrected chi connectivity index (χ1v) is 26.1. The summed E-state index contributed by atoms with van der Waals surface area (Å²) in [6, 6.07) is 55.2. The molecule has 0 aromatic heterocycles. The van der Waals surface area contributed by atoms with Crippen LogP contribution in [0.2, 0.25) is 0 Å². The quantitative estimate of drug-likeness (QED) is 0.107. The molecule has 281 valence electrons. The molecule has 1 aliphatic rings. The van der Waals surface area contributed by atoms with E-state index in [4.69, 9.17) is 0 Å². The van der Waals surface area contributed by atoms with E-state index in [0.29, 0.717) is 31.8 Å². The van der Waals surface area contributed by atoms with Gasteiger partial charge >= 0.3 is 68.6 Å². The predicted molar refractivity (Wildman–Crippen MR) is 240 cm³/mol. The fourth-order valence-corrected chi connectivity index (χ4v) is 27.8. The fourth-order valence-electron chi connectivity index (χ4n) is 6.79. The summed E-state index contributed by atoms with van der Waals surface area (Å²) >= 11 is -0.289. The fraction of sp³-hybridized carbons (Fsp3) is 0.111. The van der Waals surface area contributed by atoms with Gasteiger partial charge in [0, 0.05) is 58.0 Å². The van der Waals surface area contributed by atoms with Gasteiger partial charge in [-0.1, -0.05) is 182 Å². The Bertz CT molecular complexity index is 1960. The van der Waals surface area contributed by atoms with Crippen LogP contribution in [-0.4, -0.2) is 28.4 Å². The van der Waals surface area contributed by atoms with E-state index in [0.717, 1.165) is 0 Å². The van der Waals surface area contributed by atoms with E-state index in [1.165, 1.54) is 0 Å². The summed E-state index contributed by atoms with van der Waals surface area (Å²) in [7, 11) is -11.9. The first kappa shape index (κ1) is 47.2. The van der Waals surface area contributed by atoms with Crippen LogP contribution in [0, 0.1) is 0 Å². The molecule has 0 saturated carbocycles. The van der Waals surface area contributed by atoms with Gasteiger partial charge in [0.05, 0.1) is 0 Å². The maximum absolute atomic E-state index is 16.6. The van der Waals surface area contributed by atoms with Crippen LogP contribution in [0.1, 0.15) is 27.7 Å². The van der Waals surface area contributed by atoms with Crippen molar-refractivity contribution in [3.05, 3.63) is 200 Å². The normalized spacial score (nSPS) is 12.8. The van der Waals surface area contributed by atoms with Crippen LogP contribution >= 0.6 is 46.2 Å². The van der Waals surface area contributed by atoms with Crippen molar-refractivity contribution in [1.82, 2.24) is 0 Å². The Morgan fingerprint density at radius 2 is 0.509 bits per heavy atom. The van der Waals surface area contributed by atoms with Crippen LogP contribution in [0.15, 0.2) is 200 Å². The zero-order valence-corrected chi connectivity index (χ0v) is 41.5. The Labute approximate surface area is 370 Å². The Hall–Kier alpha value is -2.16. The minimum absolute atomic E-state index is 0. The number of halogens is 2. The van der Waals surface area contributed by atoms with E-state index in [1.807, 2.05) is 182 Å². The van der Waals surface area contributed by atoms with Gasteiger partial charge in [-0.05, 0) is 0 Å². The molecule has 0 N–H and O–H groups in total. The average molecular weight is 1100 g/mol. The van der Waals surface area contributed by atoms with Gasteiger partial charge in [-0.25, -0.2) is 0 Å². The van der Waals surface area contributed by atoms with Gasteiger partial charge in [0.15, 0.2) is 21.4 Å². The molecule has 1 radical (unpaired) electrons. The van der Waals surface area contributed by atoms with Crippen molar-refractivity contribution in [3.63, 3.8) is 0 Å². The predicted octanol–water partition coefficient (Wildman–Crippen LogP) is 10.4. The van der Waals surface area contributed by atoms with Crippen LogP contribution in [0.5, 0.6) is 0 Å². The first-order chi connectivity index (χ1) is 25.1. The number of allylic oxidation sites excluding steroid dienone is 4. The maximum atomic E-state index is 16.6. The molecule has 0 bridgehead atoms. The number of hydrogen-bond acceptors (Lipinski definition) is 3. The summed E-state index contributed by atoms with van der Waals surface area (Å²) in [5.74, 6) is 0. The zero-order valence-electron chi connectivity index (χ0n) is 31.2. The molecule has 0 saturated heterocycles. The maximum Gasteiger partial charge on any atom is 0.161 e. The first-order valence-electron chi connectivity index (χ1n) is 17.3. The van der Waals surface area contributed by atoms with Gasteiger partial charge in [0.1, 0.15) is 5.14 Å². The smallest absolute Gasteiger partial charge is 0.161 e. The SMILES string of the molecule is C[C]1=C(C)C(C)=[C](C)[Bi]1.Cl.Cl.O=P(c1ccccc1)(c1ccccc1)C(P(=O)(c1ccccc1)c1ccccc1)P(=O)(c1ccccc1)c1ccccc1.[Zr]. The van der Waals surface area contributed by atoms with Crippen molar-refractivity contribution in [2.75, 3.05) is 0 Å². The summed E-state index contributed by atoms with van der Waals surface area (Å²) in [6.07, 6.45) is 0. The zero-order chi connectivity index (χ0) is 36.8. The molecule has 0 unspecified atom stereocenters. The molecular formula is C45H45BiCl2O3P3Zr. The Kier molecular flexibility index (Phi) is 18.0. The standard InChI is InChI=1S/C37H31O3P3.C8H12.Bi.2ClH.Zr/c38-41(31-19-7-1-8-20-31,32-21-9-2-10-22-32)37(42(39,33-23-11-3-12-24-33)34-25-13-4-14-26-34)43(40,35-27-15-5-16-28-35)36-29-17-6-18-30-36;1-5-7(3)8(4)6-2;;;;/h1-30,37H;1-4H3;;2*1H;. The largest absolute Gasteiger partial charge is 0.312 e. The van der Waals surface area contributed by atoms with Crippen molar-refractivity contribution in [1.29, 1.82) is 0 Å². The van der Waals surface area contributed by atoms with Crippen LogP contribution in [0.25, 0.3) is 0 Å². The van der Waals surface area contributed by atoms with Gasteiger partial charge in [0.25, 0.3) is 0 Å². The third kappa shape index (κ3) is 9.59. The Morgan fingerprint density at radius 3 is 0.636 bits per heavy atom. The van der Waals surface area contributed by atoms with Crippen LogP contribution in [0.4, 0.5) is 0 Å². The molecule has 1 aliphatic heterocycles. The number of hydrogen-bond donors (Lipinski definition) is 0.